The molecule has 0 radical (unpaired) electrons. The fourth-order valence-corrected chi connectivity index (χ4v) is 3.31. The molecule has 3 rings (SSSR count). The Kier molecular flexibility index (Phi) is 7.00. The van der Waals surface area contributed by atoms with Gasteiger partial charge in [-0.15, -0.1) is 0 Å². The first-order chi connectivity index (χ1) is 14.1. The highest BCUT2D eigenvalue weighted by atomic mass is 16.2. The average Bonchev–Trinajstić information content (AvgIpc) is 2.76. The zero-order valence-corrected chi connectivity index (χ0v) is 16.2. The summed E-state index contributed by atoms with van der Waals surface area (Å²) in [4.78, 5) is 23.4. The first kappa shape index (κ1) is 20.1. The van der Waals surface area contributed by atoms with Gasteiger partial charge < -0.3 is 16.4 Å². The maximum Gasteiger partial charge on any atom is 0.315 e. The maximum absolute atomic E-state index is 12.2. The predicted molar refractivity (Wildman–Crippen MR) is 115 cm³/mol. The van der Waals surface area contributed by atoms with Crippen LogP contribution in [0.5, 0.6) is 0 Å². The third kappa shape index (κ3) is 5.94. The predicted octanol–water partition coefficient (Wildman–Crippen LogP) is 3.81. The molecule has 0 saturated heterocycles. The minimum atomic E-state index is -0.482. The number of carbonyl (C=O) groups excluding carboxylic acids is 2. The van der Waals surface area contributed by atoms with Crippen molar-refractivity contribution in [3.63, 3.8) is 0 Å². The molecule has 0 aliphatic rings. The molecule has 4 N–H and O–H groups in total. The fourth-order valence-electron chi connectivity index (χ4n) is 3.31. The molecule has 0 atom stereocenters. The Bertz CT molecular complexity index is 903. The lowest BCUT2D eigenvalue weighted by molar-refractivity contribution is 0.1000. The van der Waals surface area contributed by atoms with Crippen LogP contribution >= 0.6 is 0 Å². The van der Waals surface area contributed by atoms with Gasteiger partial charge in [-0.3, -0.25) is 4.79 Å². The lowest BCUT2D eigenvalue weighted by Gasteiger charge is -2.18. The molecule has 0 unspecified atom stereocenters. The van der Waals surface area contributed by atoms with Crippen molar-refractivity contribution in [2.24, 2.45) is 5.73 Å². The zero-order chi connectivity index (χ0) is 20.5. The van der Waals surface area contributed by atoms with Crippen molar-refractivity contribution >= 4 is 11.9 Å². The second kappa shape index (κ2) is 10.1. The molecule has 0 aromatic heterocycles. The van der Waals surface area contributed by atoms with Crippen molar-refractivity contribution in [2.45, 2.75) is 18.9 Å². The number of rotatable bonds is 8. The van der Waals surface area contributed by atoms with Gasteiger partial charge in [0.05, 0.1) is 0 Å². The monoisotopic (exact) mass is 387 g/mol. The van der Waals surface area contributed by atoms with E-state index in [9.17, 15) is 9.59 Å². The first-order valence-corrected chi connectivity index (χ1v) is 9.64. The van der Waals surface area contributed by atoms with Crippen LogP contribution in [0.4, 0.5) is 4.79 Å². The molecular formula is C24H25N3O2. The second-order valence-corrected chi connectivity index (χ2v) is 6.84. The van der Waals surface area contributed by atoms with E-state index in [0.29, 0.717) is 18.7 Å². The molecule has 3 aromatic carbocycles. The van der Waals surface area contributed by atoms with Crippen molar-refractivity contribution in [3.8, 4) is 0 Å². The van der Waals surface area contributed by atoms with Crippen molar-refractivity contribution in [2.75, 3.05) is 6.54 Å². The number of amides is 3. The topological polar surface area (TPSA) is 84.2 Å². The number of benzene rings is 3. The minimum absolute atomic E-state index is 0.213. The summed E-state index contributed by atoms with van der Waals surface area (Å²) in [5.41, 5.74) is 8.99. The van der Waals surface area contributed by atoms with Crippen LogP contribution in [0.25, 0.3) is 0 Å². The van der Waals surface area contributed by atoms with Gasteiger partial charge in [-0.1, -0.05) is 72.8 Å². The molecule has 0 bridgehead atoms. The lowest BCUT2D eigenvalue weighted by Crippen LogP contribution is -2.36. The molecule has 29 heavy (non-hydrogen) atoms. The number of hydrogen-bond acceptors (Lipinski definition) is 2. The van der Waals surface area contributed by atoms with Gasteiger partial charge in [0.25, 0.3) is 0 Å². The number of hydrogen-bond donors (Lipinski definition) is 3. The summed E-state index contributed by atoms with van der Waals surface area (Å²) in [5.74, 6) is -0.269. The Hall–Kier alpha value is -3.60. The van der Waals surface area contributed by atoms with E-state index in [1.807, 2.05) is 42.5 Å². The maximum atomic E-state index is 12.2. The van der Waals surface area contributed by atoms with Crippen LogP contribution in [0.2, 0.25) is 0 Å². The van der Waals surface area contributed by atoms with Gasteiger partial charge >= 0.3 is 6.03 Å². The van der Waals surface area contributed by atoms with Crippen LogP contribution < -0.4 is 16.4 Å². The largest absolute Gasteiger partial charge is 0.366 e. The summed E-state index contributed by atoms with van der Waals surface area (Å²) in [6.07, 6.45) is 0.790. The number of urea groups is 1. The number of nitrogens with two attached hydrogens (primary N) is 1. The van der Waals surface area contributed by atoms with E-state index in [1.165, 1.54) is 11.1 Å². The molecule has 3 amide bonds. The molecule has 0 saturated carbocycles. The van der Waals surface area contributed by atoms with E-state index >= 15 is 0 Å². The van der Waals surface area contributed by atoms with Crippen LogP contribution in [0.15, 0.2) is 84.9 Å². The van der Waals surface area contributed by atoms with E-state index in [4.69, 9.17) is 5.73 Å². The van der Waals surface area contributed by atoms with Gasteiger partial charge in [-0.25, -0.2) is 4.79 Å². The Morgan fingerprint density at radius 3 is 2.00 bits per heavy atom. The molecule has 5 nitrogen and oxygen atoms in total. The molecule has 148 valence electrons. The number of primary amides is 1. The fraction of sp³-hybridized carbons (Fsp3) is 0.167. The van der Waals surface area contributed by atoms with Crippen molar-refractivity contribution < 1.29 is 9.59 Å². The Labute approximate surface area is 170 Å². The van der Waals surface area contributed by atoms with Crippen molar-refractivity contribution in [3.05, 3.63) is 107 Å². The summed E-state index contributed by atoms with van der Waals surface area (Å²) in [6, 6.07) is 27.3. The lowest BCUT2D eigenvalue weighted by atomic mass is 9.88. The van der Waals surface area contributed by atoms with Gasteiger partial charge in [-0.05, 0) is 35.2 Å². The highest BCUT2D eigenvalue weighted by Gasteiger charge is 2.14. The molecule has 0 fully saturated rings. The SMILES string of the molecule is NC(=O)c1cccc(CNC(=O)NCCC(c2ccccc2)c2ccccc2)c1. The second-order valence-electron chi connectivity index (χ2n) is 6.84. The van der Waals surface area contributed by atoms with E-state index in [2.05, 4.69) is 34.9 Å². The Morgan fingerprint density at radius 1 is 0.793 bits per heavy atom. The van der Waals surface area contributed by atoms with Crippen molar-refractivity contribution in [1.29, 1.82) is 0 Å². The minimum Gasteiger partial charge on any atom is -0.366 e. The van der Waals surface area contributed by atoms with Crippen molar-refractivity contribution in [1.82, 2.24) is 10.6 Å². The van der Waals surface area contributed by atoms with Gasteiger partial charge in [0.2, 0.25) is 5.91 Å². The van der Waals surface area contributed by atoms with E-state index in [1.54, 1.807) is 18.2 Å². The van der Waals surface area contributed by atoms with Gasteiger partial charge in [0.15, 0.2) is 0 Å². The molecule has 0 aliphatic heterocycles. The molecule has 0 aliphatic carbocycles. The summed E-state index contributed by atoms with van der Waals surface area (Å²) >= 11 is 0. The average molecular weight is 387 g/mol. The van der Waals surface area contributed by atoms with E-state index in [0.717, 1.165) is 12.0 Å². The first-order valence-electron chi connectivity index (χ1n) is 9.64. The Morgan fingerprint density at radius 2 is 1.41 bits per heavy atom. The van der Waals surface area contributed by atoms with Gasteiger partial charge in [0, 0.05) is 24.6 Å². The smallest absolute Gasteiger partial charge is 0.315 e. The summed E-state index contributed by atoms with van der Waals surface area (Å²) < 4.78 is 0. The standard InChI is InChI=1S/C24H25N3O2/c25-23(28)21-13-7-8-18(16-21)17-27-24(29)26-15-14-22(19-9-3-1-4-10-19)20-11-5-2-6-12-20/h1-13,16,22H,14-15,17H2,(H2,25,28)(H2,26,27,29). The van der Waals surface area contributed by atoms with Gasteiger partial charge in [-0.2, -0.15) is 0 Å². The normalized spacial score (nSPS) is 10.5. The van der Waals surface area contributed by atoms with Crippen LogP contribution in [0.1, 0.15) is 39.4 Å². The highest BCUT2D eigenvalue weighted by Crippen LogP contribution is 2.27. The van der Waals surface area contributed by atoms with Crippen LogP contribution in [0, 0.1) is 0 Å². The third-order valence-electron chi connectivity index (χ3n) is 4.79. The molecule has 5 heteroatoms. The zero-order valence-electron chi connectivity index (χ0n) is 16.2. The molecular weight excluding hydrogens is 362 g/mol. The molecule has 0 spiro atoms. The summed E-state index contributed by atoms with van der Waals surface area (Å²) in [6.45, 7) is 0.870. The number of carbonyl (C=O) groups is 2. The van der Waals surface area contributed by atoms with Crippen LogP contribution in [-0.2, 0) is 6.54 Å². The van der Waals surface area contributed by atoms with Crippen LogP contribution in [-0.4, -0.2) is 18.5 Å². The quantitative estimate of drug-likeness (QED) is 0.549. The molecule has 0 heterocycles. The van der Waals surface area contributed by atoms with E-state index < -0.39 is 5.91 Å². The number of nitrogens with one attached hydrogen (secondary N) is 2. The summed E-state index contributed by atoms with van der Waals surface area (Å²) in [7, 11) is 0. The van der Waals surface area contributed by atoms with Crippen LogP contribution in [0.3, 0.4) is 0 Å². The highest BCUT2D eigenvalue weighted by molar-refractivity contribution is 5.92. The van der Waals surface area contributed by atoms with E-state index in [-0.39, 0.29) is 11.9 Å². The third-order valence-corrected chi connectivity index (χ3v) is 4.79. The van der Waals surface area contributed by atoms with Gasteiger partial charge in [0.1, 0.15) is 0 Å². The Balaban J connectivity index is 1.54. The summed E-state index contributed by atoms with van der Waals surface area (Å²) in [5, 5.41) is 5.73. The molecule has 3 aromatic rings.